The fraction of sp³-hybridized carbons (Fsp3) is 0.200. The molecule has 68 valence electrons. The van der Waals surface area contributed by atoms with Gasteiger partial charge in [-0.15, -0.1) is 11.3 Å². The van der Waals surface area contributed by atoms with Gasteiger partial charge in [-0.2, -0.15) is 4.39 Å². The molecule has 0 atom stereocenters. The molecule has 3 heteroatoms. The van der Waals surface area contributed by atoms with Crippen LogP contribution in [-0.4, -0.2) is 0 Å². The largest absolute Gasteiger partial charge is 0.398 e. The van der Waals surface area contributed by atoms with Crippen molar-refractivity contribution in [3.63, 3.8) is 0 Å². The molecule has 0 amide bonds. The molecule has 0 aliphatic heterocycles. The molecule has 0 saturated heterocycles. The van der Waals surface area contributed by atoms with Crippen molar-refractivity contribution in [3.05, 3.63) is 28.9 Å². The average molecular weight is 195 g/mol. The van der Waals surface area contributed by atoms with Crippen molar-refractivity contribution in [1.29, 1.82) is 0 Å². The molecule has 0 fully saturated rings. The van der Waals surface area contributed by atoms with Crippen LogP contribution in [0.1, 0.15) is 12.5 Å². The van der Waals surface area contributed by atoms with Crippen LogP contribution < -0.4 is 5.73 Å². The van der Waals surface area contributed by atoms with Crippen molar-refractivity contribution in [2.24, 2.45) is 0 Å². The summed E-state index contributed by atoms with van der Waals surface area (Å²) in [6.45, 7) is 2.04. The Morgan fingerprint density at radius 1 is 1.46 bits per heavy atom. The van der Waals surface area contributed by atoms with E-state index in [2.05, 4.69) is 0 Å². The summed E-state index contributed by atoms with van der Waals surface area (Å²) < 4.78 is 13.8. The number of halogens is 1. The van der Waals surface area contributed by atoms with E-state index in [1.165, 1.54) is 6.07 Å². The van der Waals surface area contributed by atoms with E-state index >= 15 is 0 Å². The maximum atomic E-state index is 12.9. The molecule has 1 nitrogen and oxygen atoms in total. The number of thiophene rings is 1. The van der Waals surface area contributed by atoms with E-state index in [0.717, 1.165) is 39.1 Å². The second kappa shape index (κ2) is 3.00. The van der Waals surface area contributed by atoms with Gasteiger partial charge in [0.1, 0.15) is 0 Å². The summed E-state index contributed by atoms with van der Waals surface area (Å²) in [6.07, 6.45) is 0.888. The van der Waals surface area contributed by atoms with Gasteiger partial charge >= 0.3 is 0 Å². The standard InChI is InChI=1S/C10H10FNS/c1-2-6-3-4-8-7(10(6)12)5-9(11)13-8/h3-5H,2,12H2,1H3. The molecule has 1 heterocycles. The Bertz CT molecular complexity index is 447. The second-order valence-corrected chi connectivity index (χ2v) is 3.99. The van der Waals surface area contributed by atoms with Crippen molar-refractivity contribution < 1.29 is 4.39 Å². The van der Waals surface area contributed by atoms with Gasteiger partial charge in [0.05, 0.1) is 0 Å². The van der Waals surface area contributed by atoms with Crippen LogP contribution in [0.2, 0.25) is 0 Å². The van der Waals surface area contributed by atoms with Crippen molar-refractivity contribution in [2.45, 2.75) is 13.3 Å². The first kappa shape index (κ1) is 8.51. The molecule has 2 rings (SSSR count). The van der Waals surface area contributed by atoms with Gasteiger partial charge < -0.3 is 5.73 Å². The Kier molecular flexibility index (Phi) is 1.96. The van der Waals surface area contributed by atoms with Gasteiger partial charge in [0, 0.05) is 15.8 Å². The zero-order chi connectivity index (χ0) is 9.42. The molecule has 1 aromatic heterocycles. The van der Waals surface area contributed by atoms with Gasteiger partial charge in [0.2, 0.25) is 0 Å². The molecule has 0 radical (unpaired) electrons. The van der Waals surface area contributed by atoms with Crippen molar-refractivity contribution >= 4 is 27.1 Å². The lowest BCUT2D eigenvalue weighted by Crippen LogP contribution is -1.92. The van der Waals surface area contributed by atoms with Crippen LogP contribution in [0.5, 0.6) is 0 Å². The first-order valence-electron chi connectivity index (χ1n) is 4.18. The van der Waals surface area contributed by atoms with Crippen LogP contribution in [0.4, 0.5) is 10.1 Å². The quantitative estimate of drug-likeness (QED) is 0.695. The highest BCUT2D eigenvalue weighted by Crippen LogP contribution is 2.31. The Morgan fingerprint density at radius 2 is 2.23 bits per heavy atom. The number of hydrogen-bond acceptors (Lipinski definition) is 2. The van der Waals surface area contributed by atoms with E-state index in [1.54, 1.807) is 0 Å². The first-order valence-corrected chi connectivity index (χ1v) is 5.00. The predicted molar refractivity (Wildman–Crippen MR) is 55.6 cm³/mol. The number of benzene rings is 1. The number of hydrogen-bond donors (Lipinski definition) is 1. The molecule has 0 bridgehead atoms. The van der Waals surface area contributed by atoms with Gasteiger partial charge in [0.15, 0.2) is 5.13 Å². The molecular weight excluding hydrogens is 185 g/mol. The summed E-state index contributed by atoms with van der Waals surface area (Å²) in [7, 11) is 0. The SMILES string of the molecule is CCc1ccc2sc(F)cc2c1N. The van der Waals surface area contributed by atoms with Gasteiger partial charge in [-0.3, -0.25) is 0 Å². The zero-order valence-corrected chi connectivity index (χ0v) is 8.12. The highest BCUT2D eigenvalue weighted by atomic mass is 32.1. The van der Waals surface area contributed by atoms with Crippen LogP contribution in [0.3, 0.4) is 0 Å². The summed E-state index contributed by atoms with van der Waals surface area (Å²) in [5, 5.41) is 0.678. The molecule has 2 aromatic rings. The third kappa shape index (κ3) is 1.29. The molecule has 0 unspecified atom stereocenters. The number of fused-ring (bicyclic) bond motifs is 1. The maximum absolute atomic E-state index is 12.9. The molecule has 0 spiro atoms. The molecule has 0 saturated carbocycles. The van der Waals surface area contributed by atoms with Gasteiger partial charge in [0.25, 0.3) is 0 Å². The number of rotatable bonds is 1. The Balaban J connectivity index is 2.78. The minimum absolute atomic E-state index is 0.171. The van der Waals surface area contributed by atoms with Crippen LogP contribution in [0.25, 0.3) is 10.1 Å². The molecular formula is C10H10FNS. The highest BCUT2D eigenvalue weighted by Gasteiger charge is 2.06. The number of aryl methyl sites for hydroxylation is 1. The number of nitrogen functional groups attached to an aromatic ring is 1. The summed E-state index contributed by atoms with van der Waals surface area (Å²) >= 11 is 1.14. The third-order valence-corrected chi connectivity index (χ3v) is 3.07. The summed E-state index contributed by atoms with van der Waals surface area (Å²) in [5.74, 6) is 0. The minimum atomic E-state index is -0.171. The zero-order valence-electron chi connectivity index (χ0n) is 7.30. The molecule has 13 heavy (non-hydrogen) atoms. The van der Waals surface area contributed by atoms with E-state index in [-0.39, 0.29) is 5.13 Å². The fourth-order valence-electron chi connectivity index (χ4n) is 1.46. The highest BCUT2D eigenvalue weighted by molar-refractivity contribution is 7.17. The van der Waals surface area contributed by atoms with Crippen molar-refractivity contribution in [1.82, 2.24) is 0 Å². The van der Waals surface area contributed by atoms with E-state index in [0.29, 0.717) is 0 Å². The van der Waals surface area contributed by atoms with Crippen LogP contribution in [0.15, 0.2) is 18.2 Å². The van der Waals surface area contributed by atoms with Crippen LogP contribution in [0, 0.1) is 5.13 Å². The summed E-state index contributed by atoms with van der Waals surface area (Å²) in [6, 6.07) is 5.40. The molecule has 0 aliphatic carbocycles. The maximum Gasteiger partial charge on any atom is 0.177 e. The monoisotopic (exact) mass is 195 g/mol. The third-order valence-electron chi connectivity index (χ3n) is 2.18. The Morgan fingerprint density at radius 3 is 2.92 bits per heavy atom. The van der Waals surface area contributed by atoms with Gasteiger partial charge in [-0.25, -0.2) is 0 Å². The average Bonchev–Trinajstić information content (AvgIpc) is 2.47. The topological polar surface area (TPSA) is 26.0 Å². The van der Waals surface area contributed by atoms with Crippen molar-refractivity contribution in [3.8, 4) is 0 Å². The van der Waals surface area contributed by atoms with Crippen LogP contribution in [-0.2, 0) is 6.42 Å². The Hall–Kier alpha value is -1.09. The minimum Gasteiger partial charge on any atom is -0.398 e. The van der Waals surface area contributed by atoms with E-state index in [4.69, 9.17) is 5.73 Å². The predicted octanol–water partition coefficient (Wildman–Crippen LogP) is 3.19. The number of nitrogens with two attached hydrogens (primary N) is 1. The molecule has 0 aliphatic rings. The first-order chi connectivity index (χ1) is 6.22. The lowest BCUT2D eigenvalue weighted by Gasteiger charge is -2.02. The number of anilines is 1. The van der Waals surface area contributed by atoms with E-state index < -0.39 is 0 Å². The van der Waals surface area contributed by atoms with E-state index in [1.807, 2.05) is 19.1 Å². The lowest BCUT2D eigenvalue weighted by atomic mass is 10.1. The van der Waals surface area contributed by atoms with E-state index in [9.17, 15) is 4.39 Å². The fourth-order valence-corrected chi connectivity index (χ4v) is 2.26. The van der Waals surface area contributed by atoms with Crippen LogP contribution >= 0.6 is 11.3 Å². The normalized spacial score (nSPS) is 10.9. The smallest absolute Gasteiger partial charge is 0.177 e. The van der Waals surface area contributed by atoms with Gasteiger partial charge in [-0.1, -0.05) is 13.0 Å². The molecule has 2 N–H and O–H groups in total. The Labute approximate surface area is 80.0 Å². The summed E-state index contributed by atoms with van der Waals surface area (Å²) in [4.78, 5) is 0. The van der Waals surface area contributed by atoms with Crippen molar-refractivity contribution in [2.75, 3.05) is 5.73 Å². The lowest BCUT2D eigenvalue weighted by molar-refractivity contribution is 0.658. The van der Waals surface area contributed by atoms with Gasteiger partial charge in [-0.05, 0) is 24.1 Å². The second-order valence-electron chi connectivity index (χ2n) is 2.95. The molecule has 1 aromatic carbocycles. The summed E-state index contributed by atoms with van der Waals surface area (Å²) in [5.41, 5.74) is 7.69.